The summed E-state index contributed by atoms with van der Waals surface area (Å²) in [5.74, 6) is -0.382. The molecule has 3 aromatic carbocycles. The molecule has 4 rings (SSSR count). The molecule has 8 nitrogen and oxygen atoms in total. The van der Waals surface area contributed by atoms with Crippen molar-refractivity contribution in [3.8, 4) is 0 Å². The van der Waals surface area contributed by atoms with Gasteiger partial charge < -0.3 is 5.32 Å². The van der Waals surface area contributed by atoms with Gasteiger partial charge in [0.25, 0.3) is 10.0 Å². The molecule has 0 spiro atoms. The third-order valence-electron chi connectivity index (χ3n) is 5.10. The van der Waals surface area contributed by atoms with Gasteiger partial charge in [-0.25, -0.2) is 23.1 Å². The minimum absolute atomic E-state index is 0.00940. The van der Waals surface area contributed by atoms with E-state index in [2.05, 4.69) is 25.3 Å². The zero-order chi connectivity index (χ0) is 25.7. The molecule has 0 aliphatic heterocycles. The van der Waals surface area contributed by atoms with Gasteiger partial charge in [-0.2, -0.15) is 0 Å². The first-order valence-electron chi connectivity index (χ1n) is 10.9. The standard InChI is InChI=1S/C26H23N5O3S2/c1-17-16-18(2)28-25(27-17)31-36(33,34)22-13-11-21(12-14-22)29-26(35)30-24(32)15-10-20-8-5-7-19-6-3-4-9-23(19)20/h3-16H,1-2H3,(H,27,28,31)(H2,29,30,32,35). The van der Waals surface area contributed by atoms with Crippen molar-refractivity contribution in [1.29, 1.82) is 0 Å². The Balaban J connectivity index is 1.36. The number of sulfonamides is 1. The molecule has 4 aromatic rings. The fourth-order valence-electron chi connectivity index (χ4n) is 3.55. The summed E-state index contributed by atoms with van der Waals surface area (Å²) >= 11 is 5.21. The Bertz CT molecular complexity index is 1560. The molecule has 0 unspecified atom stereocenters. The van der Waals surface area contributed by atoms with Crippen LogP contribution in [-0.4, -0.2) is 29.4 Å². The van der Waals surface area contributed by atoms with Gasteiger partial charge in [-0.1, -0.05) is 42.5 Å². The third-order valence-corrected chi connectivity index (χ3v) is 6.65. The van der Waals surface area contributed by atoms with Crippen LogP contribution in [0.3, 0.4) is 0 Å². The molecule has 0 saturated carbocycles. The second-order valence-electron chi connectivity index (χ2n) is 7.95. The number of amides is 1. The van der Waals surface area contributed by atoms with Gasteiger partial charge in [-0.15, -0.1) is 0 Å². The van der Waals surface area contributed by atoms with Crippen LogP contribution in [0.5, 0.6) is 0 Å². The zero-order valence-corrected chi connectivity index (χ0v) is 21.2. The summed E-state index contributed by atoms with van der Waals surface area (Å²) in [6, 6.07) is 21.4. The van der Waals surface area contributed by atoms with Crippen LogP contribution in [0.15, 0.2) is 83.8 Å². The van der Waals surface area contributed by atoms with E-state index in [0.29, 0.717) is 17.1 Å². The number of rotatable bonds is 6. The molecule has 3 N–H and O–H groups in total. The second-order valence-corrected chi connectivity index (χ2v) is 10.0. The molecule has 0 aliphatic carbocycles. The Morgan fingerprint density at radius 2 is 1.58 bits per heavy atom. The number of nitrogens with zero attached hydrogens (tertiary/aromatic N) is 2. The molecule has 0 radical (unpaired) electrons. The molecular weight excluding hydrogens is 494 g/mol. The van der Waals surface area contributed by atoms with Gasteiger partial charge in [0.1, 0.15) is 0 Å². The van der Waals surface area contributed by atoms with Crippen LogP contribution >= 0.6 is 12.2 Å². The molecule has 0 aliphatic rings. The van der Waals surface area contributed by atoms with Crippen LogP contribution in [0, 0.1) is 13.8 Å². The van der Waals surface area contributed by atoms with Crippen molar-refractivity contribution in [3.63, 3.8) is 0 Å². The minimum atomic E-state index is -3.88. The van der Waals surface area contributed by atoms with Crippen molar-refractivity contribution in [2.24, 2.45) is 0 Å². The Morgan fingerprint density at radius 1 is 0.917 bits per heavy atom. The monoisotopic (exact) mass is 517 g/mol. The van der Waals surface area contributed by atoms with E-state index >= 15 is 0 Å². The summed E-state index contributed by atoms with van der Waals surface area (Å²) in [5, 5.41) is 7.66. The van der Waals surface area contributed by atoms with Gasteiger partial charge in [0.05, 0.1) is 4.90 Å². The van der Waals surface area contributed by atoms with E-state index in [-0.39, 0.29) is 16.0 Å². The molecule has 0 atom stereocenters. The van der Waals surface area contributed by atoms with Crippen molar-refractivity contribution < 1.29 is 13.2 Å². The number of aromatic nitrogens is 2. The van der Waals surface area contributed by atoms with Crippen LogP contribution in [-0.2, 0) is 14.8 Å². The fourth-order valence-corrected chi connectivity index (χ4v) is 4.71. The quantitative estimate of drug-likeness (QED) is 0.254. The predicted octanol–water partition coefficient (Wildman–Crippen LogP) is 4.57. The first-order chi connectivity index (χ1) is 17.2. The molecular formula is C26H23N5O3S2. The molecule has 1 amide bonds. The van der Waals surface area contributed by atoms with E-state index in [9.17, 15) is 13.2 Å². The van der Waals surface area contributed by atoms with Crippen molar-refractivity contribution in [3.05, 3.63) is 95.8 Å². The van der Waals surface area contributed by atoms with E-state index in [0.717, 1.165) is 16.3 Å². The number of benzene rings is 3. The lowest BCUT2D eigenvalue weighted by atomic mass is 10.0. The summed E-state index contributed by atoms with van der Waals surface area (Å²) in [6.07, 6.45) is 3.14. The SMILES string of the molecule is Cc1cc(C)nc(NS(=O)(=O)c2ccc(NC(=S)NC(=O)C=Cc3cccc4ccccc34)cc2)n1. The maximum atomic E-state index is 12.7. The fraction of sp³-hybridized carbons (Fsp3) is 0.0769. The number of nitrogens with one attached hydrogen (secondary N) is 3. The van der Waals surface area contributed by atoms with Gasteiger partial charge in [-0.3, -0.25) is 10.1 Å². The smallest absolute Gasteiger partial charge is 0.264 e. The average molecular weight is 518 g/mol. The molecule has 1 heterocycles. The maximum absolute atomic E-state index is 12.7. The van der Waals surface area contributed by atoms with Crippen LogP contribution in [0.2, 0.25) is 0 Å². The summed E-state index contributed by atoms with van der Waals surface area (Å²) in [7, 11) is -3.88. The number of carbonyl (C=O) groups excluding carboxylic acids is 1. The average Bonchev–Trinajstić information content (AvgIpc) is 2.82. The molecule has 10 heteroatoms. The van der Waals surface area contributed by atoms with Gasteiger partial charge in [0.15, 0.2) is 5.11 Å². The van der Waals surface area contributed by atoms with Crippen molar-refractivity contribution in [1.82, 2.24) is 15.3 Å². The summed E-state index contributed by atoms with van der Waals surface area (Å²) in [5.41, 5.74) is 2.74. The molecule has 0 saturated heterocycles. The van der Waals surface area contributed by atoms with Crippen LogP contribution in [0.1, 0.15) is 17.0 Å². The molecule has 0 bridgehead atoms. The Labute approximate surface area is 214 Å². The lowest BCUT2D eigenvalue weighted by molar-refractivity contribution is -0.115. The second kappa shape index (κ2) is 10.6. The van der Waals surface area contributed by atoms with Crippen LogP contribution < -0.4 is 15.4 Å². The van der Waals surface area contributed by atoms with E-state index in [4.69, 9.17) is 12.2 Å². The number of carbonyl (C=O) groups is 1. The summed E-state index contributed by atoms with van der Waals surface area (Å²) < 4.78 is 27.7. The highest BCUT2D eigenvalue weighted by molar-refractivity contribution is 7.92. The third kappa shape index (κ3) is 6.29. The summed E-state index contributed by atoms with van der Waals surface area (Å²) in [4.78, 5) is 20.6. The highest BCUT2D eigenvalue weighted by Gasteiger charge is 2.16. The minimum Gasteiger partial charge on any atom is -0.332 e. The first kappa shape index (κ1) is 25.0. The van der Waals surface area contributed by atoms with Crippen molar-refractivity contribution in [2.45, 2.75) is 18.7 Å². The van der Waals surface area contributed by atoms with Gasteiger partial charge in [0.2, 0.25) is 11.9 Å². The van der Waals surface area contributed by atoms with Gasteiger partial charge in [0, 0.05) is 23.2 Å². The number of hydrogen-bond donors (Lipinski definition) is 3. The van der Waals surface area contributed by atoms with Crippen LogP contribution in [0.25, 0.3) is 16.8 Å². The topological polar surface area (TPSA) is 113 Å². The van der Waals surface area contributed by atoms with E-state index in [1.807, 2.05) is 42.5 Å². The lowest BCUT2D eigenvalue weighted by Crippen LogP contribution is -2.32. The van der Waals surface area contributed by atoms with Gasteiger partial charge in [-0.05, 0) is 78.8 Å². The largest absolute Gasteiger partial charge is 0.332 e. The number of fused-ring (bicyclic) bond motifs is 1. The first-order valence-corrected chi connectivity index (χ1v) is 12.8. The molecule has 36 heavy (non-hydrogen) atoms. The molecule has 1 aromatic heterocycles. The van der Waals surface area contributed by atoms with Crippen molar-refractivity contribution >= 4 is 61.7 Å². The van der Waals surface area contributed by atoms with Crippen LogP contribution in [0.4, 0.5) is 11.6 Å². The van der Waals surface area contributed by atoms with E-state index in [1.54, 1.807) is 38.1 Å². The van der Waals surface area contributed by atoms with E-state index < -0.39 is 15.9 Å². The van der Waals surface area contributed by atoms with Crippen molar-refractivity contribution in [2.75, 3.05) is 10.0 Å². The maximum Gasteiger partial charge on any atom is 0.264 e. The predicted molar refractivity (Wildman–Crippen MR) is 146 cm³/mol. The number of anilines is 2. The molecule has 182 valence electrons. The number of hydrogen-bond acceptors (Lipinski definition) is 6. The number of aryl methyl sites for hydroxylation is 2. The Morgan fingerprint density at radius 3 is 2.31 bits per heavy atom. The molecule has 0 fully saturated rings. The normalized spacial score (nSPS) is 11.4. The highest BCUT2D eigenvalue weighted by Crippen LogP contribution is 2.20. The van der Waals surface area contributed by atoms with Gasteiger partial charge >= 0.3 is 0 Å². The number of thiocarbonyl (C=S) groups is 1. The zero-order valence-electron chi connectivity index (χ0n) is 19.5. The van der Waals surface area contributed by atoms with E-state index in [1.165, 1.54) is 18.2 Å². The Kier molecular flexibility index (Phi) is 7.37. The Hall–Kier alpha value is -4.15. The highest BCUT2D eigenvalue weighted by atomic mass is 32.2. The summed E-state index contributed by atoms with van der Waals surface area (Å²) in [6.45, 7) is 3.52. The lowest BCUT2D eigenvalue weighted by Gasteiger charge is -2.10.